The van der Waals surface area contributed by atoms with E-state index in [4.69, 9.17) is 14.2 Å². The van der Waals surface area contributed by atoms with Gasteiger partial charge in [0.05, 0.1) is 10.6 Å². The number of nitrogens with zero attached hydrogens (tertiary/aromatic N) is 1. The molecule has 8 nitrogen and oxygen atoms in total. The summed E-state index contributed by atoms with van der Waals surface area (Å²) in [6.45, 7) is 0. The van der Waals surface area contributed by atoms with Crippen molar-refractivity contribution in [2.75, 3.05) is 4.31 Å². The van der Waals surface area contributed by atoms with Crippen LogP contribution in [0.25, 0.3) is 0 Å². The van der Waals surface area contributed by atoms with Crippen LogP contribution in [-0.2, 0) is 10.0 Å². The van der Waals surface area contributed by atoms with Gasteiger partial charge < -0.3 is 14.2 Å². The van der Waals surface area contributed by atoms with Crippen molar-refractivity contribution in [1.29, 1.82) is 0 Å². The third kappa shape index (κ3) is 5.84. The summed E-state index contributed by atoms with van der Waals surface area (Å²) in [5.41, 5.74) is -0.0152. The van der Waals surface area contributed by atoms with Crippen molar-refractivity contribution in [3.8, 4) is 17.2 Å². The second-order valence-corrected chi connectivity index (χ2v) is 8.81. The maximum Gasteiger partial charge on any atom is 0.519 e. The van der Waals surface area contributed by atoms with Crippen LogP contribution < -0.4 is 18.5 Å². The van der Waals surface area contributed by atoms with Gasteiger partial charge in [0.25, 0.3) is 10.0 Å². The van der Waals surface area contributed by atoms with E-state index in [0.29, 0.717) is 10.1 Å². The lowest BCUT2D eigenvalue weighted by molar-refractivity contribution is 0.152. The van der Waals surface area contributed by atoms with Crippen molar-refractivity contribution < 1.29 is 32.2 Å². The van der Waals surface area contributed by atoms with Gasteiger partial charge in [-0.15, -0.1) is 0 Å². The van der Waals surface area contributed by atoms with E-state index in [2.05, 4.69) is 0 Å². The van der Waals surface area contributed by atoms with Crippen molar-refractivity contribution in [1.82, 2.24) is 0 Å². The first-order valence-electron chi connectivity index (χ1n) is 10.4. The molecule has 0 fully saturated rings. The summed E-state index contributed by atoms with van der Waals surface area (Å²) >= 11 is 0. The molecule has 0 heterocycles. The van der Waals surface area contributed by atoms with Gasteiger partial charge in [0.15, 0.2) is 0 Å². The Balaban J connectivity index is 1.59. The molecule has 4 rings (SSSR count). The van der Waals surface area contributed by atoms with Gasteiger partial charge in [0.1, 0.15) is 17.2 Å². The minimum atomic E-state index is -4.32. The van der Waals surface area contributed by atoms with Gasteiger partial charge in [-0.2, -0.15) is 4.31 Å². The Bertz CT molecular complexity index is 1390. The van der Waals surface area contributed by atoms with Gasteiger partial charge in [-0.25, -0.2) is 18.0 Å². The SMILES string of the molecule is O=C(Oc1ccccc1)Oc1ccc(N(C(=O)Oc2ccccc2)S(=O)(=O)c2ccccc2)cc1. The summed E-state index contributed by atoms with van der Waals surface area (Å²) in [5.74, 6) is 0.565. The third-order valence-electron chi connectivity index (χ3n) is 4.61. The average Bonchev–Trinajstić information content (AvgIpc) is 2.87. The number of hydrogen-bond acceptors (Lipinski definition) is 7. The van der Waals surface area contributed by atoms with Crippen molar-refractivity contribution in [3.63, 3.8) is 0 Å². The molecule has 0 aliphatic heterocycles. The Labute approximate surface area is 202 Å². The highest BCUT2D eigenvalue weighted by Gasteiger charge is 2.33. The van der Waals surface area contributed by atoms with Crippen molar-refractivity contribution in [2.24, 2.45) is 0 Å². The molecule has 4 aromatic rings. The Hall–Kier alpha value is -4.63. The second kappa shape index (κ2) is 10.5. The molecule has 0 unspecified atom stereocenters. The number of hydrogen-bond donors (Lipinski definition) is 0. The highest BCUT2D eigenvalue weighted by Crippen LogP contribution is 2.27. The molecule has 35 heavy (non-hydrogen) atoms. The molecular weight excluding hydrogens is 470 g/mol. The van der Waals surface area contributed by atoms with Gasteiger partial charge in [0.2, 0.25) is 0 Å². The van der Waals surface area contributed by atoms with E-state index in [0.717, 1.165) is 0 Å². The smallest absolute Gasteiger partial charge is 0.409 e. The summed E-state index contributed by atoms with van der Waals surface area (Å²) in [7, 11) is -4.32. The number of sulfonamides is 1. The molecule has 4 aromatic carbocycles. The van der Waals surface area contributed by atoms with Gasteiger partial charge in [0, 0.05) is 0 Å². The first-order chi connectivity index (χ1) is 16.9. The van der Waals surface area contributed by atoms with Crippen molar-refractivity contribution >= 4 is 28.0 Å². The zero-order chi connectivity index (χ0) is 24.7. The molecule has 0 saturated carbocycles. The van der Waals surface area contributed by atoms with Crippen LogP contribution in [0.5, 0.6) is 17.2 Å². The number of amides is 1. The Morgan fingerprint density at radius 3 is 1.49 bits per heavy atom. The highest BCUT2D eigenvalue weighted by molar-refractivity contribution is 7.93. The van der Waals surface area contributed by atoms with Gasteiger partial charge in [-0.3, -0.25) is 0 Å². The molecule has 0 aliphatic rings. The molecule has 1 amide bonds. The number of anilines is 1. The standard InChI is InChI=1S/C26H19NO7S/c28-25(32-21-10-4-1-5-11-21)27(35(30,31)24-14-8-3-9-15-24)20-16-18-23(19-17-20)34-26(29)33-22-12-6-2-7-13-22/h1-19H. The maximum absolute atomic E-state index is 13.4. The predicted molar refractivity (Wildman–Crippen MR) is 128 cm³/mol. The number of benzene rings is 4. The van der Waals surface area contributed by atoms with Crippen LogP contribution in [0.3, 0.4) is 0 Å². The molecule has 0 atom stereocenters. The molecule has 0 spiro atoms. The minimum absolute atomic E-state index is 0.0152. The summed E-state index contributed by atoms with van der Waals surface area (Å²) < 4.78 is 42.8. The average molecular weight is 490 g/mol. The van der Waals surface area contributed by atoms with Crippen LogP contribution >= 0.6 is 0 Å². The molecule has 0 saturated heterocycles. The Kier molecular flexibility index (Phi) is 7.08. The number of carbonyl (C=O) groups excluding carboxylic acids is 2. The largest absolute Gasteiger partial charge is 0.519 e. The van der Waals surface area contributed by atoms with E-state index in [1.54, 1.807) is 66.7 Å². The number of para-hydroxylation sites is 2. The lowest BCUT2D eigenvalue weighted by Gasteiger charge is -2.22. The Morgan fingerprint density at radius 1 is 0.543 bits per heavy atom. The van der Waals surface area contributed by atoms with Gasteiger partial charge in [-0.05, 0) is 60.7 Å². The summed E-state index contributed by atoms with van der Waals surface area (Å²) in [6.07, 6.45) is -2.10. The number of rotatable bonds is 6. The topological polar surface area (TPSA) is 99.2 Å². The first-order valence-corrected chi connectivity index (χ1v) is 11.8. The summed E-state index contributed by atoms with van der Waals surface area (Å²) in [5, 5.41) is 0. The second-order valence-electron chi connectivity index (χ2n) is 7.02. The van der Waals surface area contributed by atoms with E-state index in [1.165, 1.54) is 48.5 Å². The normalized spacial score (nSPS) is 10.7. The zero-order valence-electron chi connectivity index (χ0n) is 18.2. The van der Waals surface area contributed by atoms with Gasteiger partial charge in [-0.1, -0.05) is 54.6 Å². The zero-order valence-corrected chi connectivity index (χ0v) is 19.0. The van der Waals surface area contributed by atoms with Crippen LogP contribution in [0.2, 0.25) is 0 Å². The molecule has 0 radical (unpaired) electrons. The monoisotopic (exact) mass is 489 g/mol. The van der Waals surface area contributed by atoms with Crippen molar-refractivity contribution in [3.05, 3.63) is 115 Å². The molecular formula is C26H19NO7S. The maximum atomic E-state index is 13.4. The van der Waals surface area contributed by atoms with Crippen LogP contribution in [0.1, 0.15) is 0 Å². The molecule has 0 bridgehead atoms. The van der Waals surface area contributed by atoms with E-state index in [9.17, 15) is 18.0 Å². The first kappa shape index (κ1) is 23.5. The highest BCUT2D eigenvalue weighted by atomic mass is 32.2. The fourth-order valence-electron chi connectivity index (χ4n) is 3.02. The van der Waals surface area contributed by atoms with Crippen LogP contribution in [0.15, 0.2) is 120 Å². The molecule has 0 aliphatic carbocycles. The van der Waals surface area contributed by atoms with E-state index < -0.39 is 22.3 Å². The Morgan fingerprint density at radius 2 is 0.971 bits per heavy atom. The quantitative estimate of drug-likeness (QED) is 0.255. The fourth-order valence-corrected chi connectivity index (χ4v) is 4.37. The molecule has 176 valence electrons. The summed E-state index contributed by atoms with van der Waals surface area (Å²) in [4.78, 5) is 24.9. The molecule has 0 N–H and O–H groups in total. The predicted octanol–water partition coefficient (Wildman–Crippen LogP) is 5.66. The van der Waals surface area contributed by atoms with Crippen LogP contribution in [-0.4, -0.2) is 20.7 Å². The molecule has 0 aromatic heterocycles. The lowest BCUT2D eigenvalue weighted by atomic mass is 10.3. The van der Waals surface area contributed by atoms with Gasteiger partial charge >= 0.3 is 12.2 Å². The summed E-state index contributed by atoms with van der Waals surface area (Å²) in [6, 6.07) is 29.3. The minimum Gasteiger partial charge on any atom is -0.409 e. The fraction of sp³-hybridized carbons (Fsp3) is 0. The number of carbonyl (C=O) groups is 2. The number of ether oxygens (including phenoxy) is 3. The van der Waals surface area contributed by atoms with Crippen LogP contribution in [0, 0.1) is 0 Å². The molecule has 9 heteroatoms. The lowest BCUT2D eigenvalue weighted by Crippen LogP contribution is -2.39. The van der Waals surface area contributed by atoms with E-state index in [1.807, 2.05) is 0 Å². The van der Waals surface area contributed by atoms with Crippen LogP contribution in [0.4, 0.5) is 15.3 Å². The van der Waals surface area contributed by atoms with Crippen molar-refractivity contribution in [2.45, 2.75) is 4.90 Å². The third-order valence-corrected chi connectivity index (χ3v) is 6.32. The van der Waals surface area contributed by atoms with E-state index in [-0.39, 0.29) is 22.1 Å². The van der Waals surface area contributed by atoms with E-state index >= 15 is 0 Å².